The van der Waals surface area contributed by atoms with Crippen molar-refractivity contribution in [1.82, 2.24) is 0 Å². The third-order valence-corrected chi connectivity index (χ3v) is 1.97. The van der Waals surface area contributed by atoms with E-state index in [4.69, 9.17) is 14.7 Å². The molecule has 0 aliphatic heterocycles. The maximum absolute atomic E-state index is 8.76. The van der Waals surface area contributed by atoms with Crippen LogP contribution in [0.1, 0.15) is 33.6 Å². The Labute approximate surface area is 87.0 Å². The van der Waals surface area contributed by atoms with E-state index in [1.54, 1.807) is 0 Å². The minimum atomic E-state index is -0.219. The lowest BCUT2D eigenvalue weighted by Crippen LogP contribution is -2.10. The first-order valence-electron chi connectivity index (χ1n) is 5.19. The summed E-state index contributed by atoms with van der Waals surface area (Å²) in [6.07, 6.45) is 1.82. The highest BCUT2D eigenvalue weighted by Crippen LogP contribution is 2.20. The summed E-state index contributed by atoms with van der Waals surface area (Å²) in [5.41, 5.74) is -0.219. The number of nitrogens with zero attached hydrogens (tertiary/aromatic N) is 1. The van der Waals surface area contributed by atoms with Crippen molar-refractivity contribution >= 4 is 0 Å². The van der Waals surface area contributed by atoms with E-state index in [0.29, 0.717) is 13.2 Å². The van der Waals surface area contributed by atoms with Gasteiger partial charge in [-0.2, -0.15) is 5.26 Å². The van der Waals surface area contributed by atoms with E-state index >= 15 is 0 Å². The zero-order valence-electron chi connectivity index (χ0n) is 9.51. The molecule has 0 unspecified atom stereocenters. The van der Waals surface area contributed by atoms with Crippen LogP contribution >= 0.6 is 0 Å². The monoisotopic (exact) mass is 199 g/mol. The Morgan fingerprint density at radius 1 is 1.14 bits per heavy atom. The Bertz CT molecular complexity index is 173. The molecule has 82 valence electrons. The average Bonchev–Trinajstić information content (AvgIpc) is 2.16. The zero-order valence-corrected chi connectivity index (χ0v) is 9.51. The quantitative estimate of drug-likeness (QED) is 0.564. The van der Waals surface area contributed by atoms with Gasteiger partial charge in [0, 0.05) is 13.2 Å². The summed E-state index contributed by atoms with van der Waals surface area (Å²) in [6, 6.07) is 2.27. The van der Waals surface area contributed by atoms with Crippen molar-refractivity contribution < 1.29 is 9.47 Å². The molecular formula is C11H21NO2. The van der Waals surface area contributed by atoms with Crippen LogP contribution in [0.25, 0.3) is 0 Å². The molecule has 3 nitrogen and oxygen atoms in total. The van der Waals surface area contributed by atoms with Gasteiger partial charge in [-0.3, -0.25) is 0 Å². The highest BCUT2D eigenvalue weighted by atomic mass is 16.5. The van der Waals surface area contributed by atoms with Crippen molar-refractivity contribution in [2.45, 2.75) is 33.6 Å². The van der Waals surface area contributed by atoms with Crippen LogP contribution in [0.5, 0.6) is 0 Å². The van der Waals surface area contributed by atoms with E-state index in [-0.39, 0.29) is 5.41 Å². The number of ether oxygens (including phenoxy) is 2. The van der Waals surface area contributed by atoms with Crippen LogP contribution in [0, 0.1) is 16.7 Å². The maximum atomic E-state index is 8.76. The molecule has 0 aromatic heterocycles. The fourth-order valence-electron chi connectivity index (χ4n) is 1.04. The van der Waals surface area contributed by atoms with Crippen molar-refractivity contribution in [2.75, 3.05) is 26.4 Å². The van der Waals surface area contributed by atoms with Gasteiger partial charge in [-0.25, -0.2) is 0 Å². The van der Waals surface area contributed by atoms with Gasteiger partial charge in [-0.05, 0) is 33.6 Å². The van der Waals surface area contributed by atoms with Crippen LogP contribution in [-0.2, 0) is 9.47 Å². The highest BCUT2D eigenvalue weighted by Gasteiger charge is 2.15. The van der Waals surface area contributed by atoms with E-state index in [9.17, 15) is 0 Å². The zero-order chi connectivity index (χ0) is 10.9. The van der Waals surface area contributed by atoms with Gasteiger partial charge in [0.05, 0.1) is 24.7 Å². The SMILES string of the molecule is CCOCCOCCCC(C)(C)C#N. The topological polar surface area (TPSA) is 42.2 Å². The molecular weight excluding hydrogens is 178 g/mol. The molecule has 0 rings (SSSR count). The number of rotatable bonds is 8. The second kappa shape index (κ2) is 7.78. The molecule has 0 amide bonds. The minimum absolute atomic E-state index is 0.219. The summed E-state index contributed by atoms with van der Waals surface area (Å²) >= 11 is 0. The molecule has 0 fully saturated rings. The molecule has 0 saturated heterocycles. The van der Waals surface area contributed by atoms with Crippen LogP contribution in [0.4, 0.5) is 0 Å². The Morgan fingerprint density at radius 3 is 2.36 bits per heavy atom. The molecule has 0 aliphatic rings. The highest BCUT2D eigenvalue weighted by molar-refractivity contribution is 4.91. The summed E-state index contributed by atoms with van der Waals surface area (Å²) in [4.78, 5) is 0. The van der Waals surface area contributed by atoms with Crippen molar-refractivity contribution in [3.05, 3.63) is 0 Å². The molecule has 0 bridgehead atoms. The Balaban J connectivity index is 3.18. The predicted octanol–water partition coefficient (Wildman–Crippen LogP) is 2.37. The largest absolute Gasteiger partial charge is 0.379 e. The van der Waals surface area contributed by atoms with E-state index in [1.807, 2.05) is 20.8 Å². The van der Waals surface area contributed by atoms with E-state index in [1.165, 1.54) is 0 Å². The second-order valence-electron chi connectivity index (χ2n) is 3.91. The smallest absolute Gasteiger partial charge is 0.0700 e. The molecule has 0 aromatic rings. The molecule has 0 atom stereocenters. The maximum Gasteiger partial charge on any atom is 0.0700 e. The van der Waals surface area contributed by atoms with Gasteiger partial charge in [0.25, 0.3) is 0 Å². The van der Waals surface area contributed by atoms with Crippen LogP contribution in [0.2, 0.25) is 0 Å². The lowest BCUT2D eigenvalue weighted by molar-refractivity contribution is 0.0497. The standard InChI is InChI=1S/C11H21NO2/c1-4-13-8-9-14-7-5-6-11(2,3)10-12/h4-9H2,1-3H3. The third kappa shape index (κ3) is 8.03. The first-order valence-corrected chi connectivity index (χ1v) is 5.19. The molecule has 14 heavy (non-hydrogen) atoms. The van der Waals surface area contributed by atoms with Gasteiger partial charge in [-0.15, -0.1) is 0 Å². The van der Waals surface area contributed by atoms with Gasteiger partial charge < -0.3 is 9.47 Å². The molecule has 0 heterocycles. The Morgan fingerprint density at radius 2 is 1.79 bits per heavy atom. The predicted molar refractivity (Wildman–Crippen MR) is 55.9 cm³/mol. The summed E-state index contributed by atoms with van der Waals surface area (Å²) in [5, 5.41) is 8.76. The van der Waals surface area contributed by atoms with Gasteiger partial charge in [0.1, 0.15) is 0 Å². The second-order valence-corrected chi connectivity index (χ2v) is 3.91. The van der Waals surface area contributed by atoms with Gasteiger partial charge >= 0.3 is 0 Å². The molecule has 0 aromatic carbocycles. The molecule has 0 radical (unpaired) electrons. The summed E-state index contributed by atoms with van der Waals surface area (Å²) in [5.74, 6) is 0. The summed E-state index contributed by atoms with van der Waals surface area (Å²) < 4.78 is 10.5. The van der Waals surface area contributed by atoms with Gasteiger partial charge in [-0.1, -0.05) is 0 Å². The number of nitriles is 1. The fraction of sp³-hybridized carbons (Fsp3) is 0.909. The lowest BCUT2D eigenvalue weighted by Gasteiger charge is -2.14. The lowest BCUT2D eigenvalue weighted by atomic mass is 9.90. The molecule has 0 N–H and O–H groups in total. The van der Waals surface area contributed by atoms with Crippen molar-refractivity contribution in [2.24, 2.45) is 5.41 Å². The van der Waals surface area contributed by atoms with Crippen molar-refractivity contribution in [1.29, 1.82) is 5.26 Å². The van der Waals surface area contributed by atoms with E-state index in [0.717, 1.165) is 26.1 Å². The number of hydrogen-bond acceptors (Lipinski definition) is 3. The molecule has 0 spiro atoms. The van der Waals surface area contributed by atoms with Crippen LogP contribution in [0.3, 0.4) is 0 Å². The summed E-state index contributed by atoms with van der Waals surface area (Å²) in [6.45, 7) is 8.65. The van der Waals surface area contributed by atoms with Crippen molar-refractivity contribution in [3.8, 4) is 6.07 Å². The number of hydrogen-bond donors (Lipinski definition) is 0. The van der Waals surface area contributed by atoms with E-state index < -0.39 is 0 Å². The fourth-order valence-corrected chi connectivity index (χ4v) is 1.04. The van der Waals surface area contributed by atoms with Gasteiger partial charge in [0.15, 0.2) is 0 Å². The van der Waals surface area contributed by atoms with Crippen LogP contribution in [0.15, 0.2) is 0 Å². The average molecular weight is 199 g/mol. The Kier molecular flexibility index (Phi) is 7.45. The first-order chi connectivity index (χ1) is 6.62. The van der Waals surface area contributed by atoms with Crippen LogP contribution in [-0.4, -0.2) is 26.4 Å². The van der Waals surface area contributed by atoms with Crippen molar-refractivity contribution in [3.63, 3.8) is 0 Å². The summed E-state index contributed by atoms with van der Waals surface area (Å²) in [7, 11) is 0. The first kappa shape index (κ1) is 13.4. The third-order valence-electron chi connectivity index (χ3n) is 1.97. The molecule has 0 saturated carbocycles. The molecule has 0 aliphatic carbocycles. The minimum Gasteiger partial charge on any atom is -0.379 e. The normalized spacial score (nSPS) is 11.3. The van der Waals surface area contributed by atoms with E-state index in [2.05, 4.69) is 6.07 Å². The Hall–Kier alpha value is -0.590. The molecule has 3 heteroatoms. The van der Waals surface area contributed by atoms with Crippen LogP contribution < -0.4 is 0 Å². The van der Waals surface area contributed by atoms with Gasteiger partial charge in [0.2, 0.25) is 0 Å².